The Morgan fingerprint density at radius 2 is 1.61 bits per heavy atom. The first kappa shape index (κ1) is 40.9. The highest BCUT2D eigenvalue weighted by Gasteiger charge is 2.49. The molecule has 1 aromatic heterocycles. The van der Waals surface area contributed by atoms with Crippen LogP contribution in [0.4, 0.5) is 0 Å². The van der Waals surface area contributed by atoms with E-state index in [0.29, 0.717) is 18.7 Å². The van der Waals surface area contributed by atoms with Crippen molar-refractivity contribution in [2.75, 3.05) is 39.3 Å². The average Bonchev–Trinajstić information content (AvgIpc) is 3.65. The Bertz CT molecular complexity index is 2080. The molecule has 10 heteroatoms. The summed E-state index contributed by atoms with van der Waals surface area (Å²) < 4.78 is 13.1. The first-order chi connectivity index (χ1) is 26.8. The van der Waals surface area contributed by atoms with Crippen LogP contribution in [0.25, 0.3) is 10.9 Å². The summed E-state index contributed by atoms with van der Waals surface area (Å²) in [7, 11) is -2.16. The lowest BCUT2D eigenvalue weighted by Crippen LogP contribution is -2.49. The number of nitrogens with one attached hydrogen (secondary N) is 2. The van der Waals surface area contributed by atoms with Crippen molar-refractivity contribution in [1.29, 1.82) is 0 Å². The van der Waals surface area contributed by atoms with Crippen molar-refractivity contribution in [1.82, 2.24) is 15.2 Å². The summed E-state index contributed by atoms with van der Waals surface area (Å²) in [5, 5.41) is 14.9. The van der Waals surface area contributed by atoms with Crippen LogP contribution in [-0.4, -0.2) is 68.5 Å². The van der Waals surface area contributed by atoms with Gasteiger partial charge in [-0.25, -0.2) is 0 Å². The summed E-state index contributed by atoms with van der Waals surface area (Å²) in [5.74, 6) is 0.667. The molecular weight excluding hydrogens is 717 g/mol. The molecule has 5 N–H and O–H groups in total. The van der Waals surface area contributed by atoms with Gasteiger partial charge in [-0.2, -0.15) is 0 Å². The normalized spacial score (nSPS) is 15.9. The predicted molar refractivity (Wildman–Crippen MR) is 228 cm³/mol. The largest absolute Gasteiger partial charge is 0.506 e. The highest BCUT2D eigenvalue weighted by atomic mass is 28.4. The molecule has 4 aromatic carbocycles. The number of carbonyl (C=O) groups is 1. The minimum Gasteiger partial charge on any atom is -0.506 e. The van der Waals surface area contributed by atoms with Gasteiger partial charge in [0.1, 0.15) is 16.9 Å². The highest BCUT2D eigenvalue weighted by molar-refractivity contribution is 6.74. The molecule has 1 saturated heterocycles. The van der Waals surface area contributed by atoms with Crippen molar-refractivity contribution in [2.45, 2.75) is 69.7 Å². The van der Waals surface area contributed by atoms with Gasteiger partial charge in [-0.3, -0.25) is 9.59 Å². The van der Waals surface area contributed by atoms with Gasteiger partial charge in [0.25, 0.3) is 0 Å². The molecule has 1 aliphatic heterocycles. The van der Waals surface area contributed by atoms with Gasteiger partial charge >= 0.3 is 0 Å². The van der Waals surface area contributed by atoms with E-state index < -0.39 is 13.7 Å². The van der Waals surface area contributed by atoms with E-state index in [-0.39, 0.29) is 34.3 Å². The second-order valence-electron chi connectivity index (χ2n) is 16.6. The molecule has 2 atom stereocenters. The molecule has 9 nitrogen and oxygen atoms in total. The molecule has 0 bridgehead atoms. The Labute approximate surface area is 332 Å². The number of benzene rings is 4. The Balaban J connectivity index is 1.000. The topological polar surface area (TPSA) is 130 Å². The number of aromatic nitrogens is 1. The molecule has 56 heavy (non-hydrogen) atoms. The van der Waals surface area contributed by atoms with E-state index in [2.05, 4.69) is 61.2 Å². The number of primary amides is 1. The predicted octanol–water partition coefficient (Wildman–Crippen LogP) is 7.69. The van der Waals surface area contributed by atoms with Crippen molar-refractivity contribution in [3.8, 4) is 11.5 Å². The van der Waals surface area contributed by atoms with Crippen LogP contribution < -0.4 is 21.3 Å². The fourth-order valence-corrected chi connectivity index (χ4v) is 9.17. The fraction of sp³-hybridized carbons (Fsp3) is 0.391. The number of phenols is 1. The summed E-state index contributed by atoms with van der Waals surface area (Å²) >= 11 is 0. The summed E-state index contributed by atoms with van der Waals surface area (Å²) in [6.45, 7) is 15.7. The van der Waals surface area contributed by atoms with Crippen molar-refractivity contribution in [3.05, 3.63) is 142 Å². The third-order valence-electron chi connectivity index (χ3n) is 12.0. The van der Waals surface area contributed by atoms with E-state index in [9.17, 15) is 14.7 Å². The Hall–Kier alpha value is -4.74. The number of phenolic OH excluding ortho intramolecular Hbond substituents is 1. The molecule has 1 fully saturated rings. The van der Waals surface area contributed by atoms with Gasteiger partial charge in [0.15, 0.2) is 8.32 Å². The van der Waals surface area contributed by atoms with Crippen LogP contribution in [0.15, 0.2) is 114 Å². The molecule has 0 saturated carbocycles. The quantitative estimate of drug-likeness (QED) is 0.0563. The first-order valence-corrected chi connectivity index (χ1v) is 22.8. The SMILES string of the molecule is CC(C)(C)[Si](C)(C)OC(CNCCc1ccc(OCCCN2CCC(C(C(N)=O)(c3ccccc3)c3ccccc3)C2)cc1)c1ccc(O)c2[nH]c(=O)ccc12. The molecule has 2 unspecified atom stereocenters. The number of aromatic amines is 1. The minimum atomic E-state index is -2.16. The zero-order valence-corrected chi connectivity index (χ0v) is 34.5. The molecular formula is C46H58N4O5Si. The second kappa shape index (κ2) is 17.6. The monoisotopic (exact) mass is 774 g/mol. The van der Waals surface area contributed by atoms with Gasteiger partial charge in [-0.1, -0.05) is 99.6 Å². The van der Waals surface area contributed by atoms with Crippen LogP contribution in [0, 0.1) is 5.92 Å². The summed E-state index contributed by atoms with van der Waals surface area (Å²) in [6.07, 6.45) is 2.35. The number of carbonyl (C=O) groups excluding carboxylic acids is 1. The number of pyridine rings is 1. The van der Waals surface area contributed by atoms with Crippen LogP contribution in [0.5, 0.6) is 11.5 Å². The van der Waals surface area contributed by atoms with Crippen LogP contribution in [0.1, 0.15) is 62.0 Å². The summed E-state index contributed by atoms with van der Waals surface area (Å²) in [4.78, 5) is 30.7. The molecule has 2 heterocycles. The molecule has 0 radical (unpaired) electrons. The lowest BCUT2D eigenvalue weighted by molar-refractivity contribution is -0.123. The maximum atomic E-state index is 13.4. The minimum absolute atomic E-state index is 0.0115. The number of amides is 1. The maximum Gasteiger partial charge on any atom is 0.248 e. The molecule has 1 aliphatic rings. The van der Waals surface area contributed by atoms with Crippen LogP contribution >= 0.6 is 0 Å². The standard InChI is InChI=1S/C46H58N4O5Si/c1-45(2,3)56(4,5)55-41(38-21-23-40(51)43-39(38)22-24-42(52)49-43)31-48-27-25-33-17-19-37(20-18-33)54-30-12-28-50-29-26-36(32-50)46(44(47)53,34-13-8-6-9-14-34)35-15-10-7-11-16-35/h6-11,13-24,36,41,48,51H,12,25-32H2,1-5H3,(H2,47,53)(H,49,52). The van der Waals surface area contributed by atoms with Crippen molar-refractivity contribution in [2.24, 2.45) is 11.7 Å². The van der Waals surface area contributed by atoms with E-state index in [1.807, 2.05) is 78.9 Å². The van der Waals surface area contributed by atoms with Crippen molar-refractivity contribution >= 4 is 25.1 Å². The Kier molecular flexibility index (Phi) is 12.8. The smallest absolute Gasteiger partial charge is 0.248 e. The van der Waals surface area contributed by atoms with Crippen LogP contribution in [0.3, 0.4) is 0 Å². The van der Waals surface area contributed by atoms with Gasteiger partial charge in [-0.15, -0.1) is 0 Å². The average molecular weight is 775 g/mol. The number of fused-ring (bicyclic) bond motifs is 1. The number of nitrogens with zero attached hydrogens (tertiary/aromatic N) is 1. The van der Waals surface area contributed by atoms with E-state index in [0.717, 1.165) is 73.3 Å². The van der Waals surface area contributed by atoms with Gasteiger partial charge in [0.2, 0.25) is 11.5 Å². The number of hydrogen-bond donors (Lipinski definition) is 4. The number of hydrogen-bond acceptors (Lipinski definition) is 7. The zero-order valence-electron chi connectivity index (χ0n) is 33.5. The molecule has 6 rings (SSSR count). The Morgan fingerprint density at radius 1 is 0.946 bits per heavy atom. The van der Waals surface area contributed by atoms with Gasteiger partial charge < -0.3 is 35.2 Å². The van der Waals surface area contributed by atoms with Gasteiger partial charge in [0.05, 0.1) is 18.2 Å². The lowest BCUT2D eigenvalue weighted by Gasteiger charge is -2.39. The van der Waals surface area contributed by atoms with E-state index in [1.165, 1.54) is 11.6 Å². The summed E-state index contributed by atoms with van der Waals surface area (Å²) in [5.41, 5.74) is 9.63. The van der Waals surface area contributed by atoms with E-state index in [1.54, 1.807) is 12.1 Å². The second-order valence-corrected chi connectivity index (χ2v) is 21.4. The highest BCUT2D eigenvalue weighted by Crippen LogP contribution is 2.44. The van der Waals surface area contributed by atoms with Gasteiger partial charge in [0, 0.05) is 31.1 Å². The van der Waals surface area contributed by atoms with Gasteiger partial charge in [-0.05, 0) is 103 Å². The third kappa shape index (κ3) is 9.10. The number of ether oxygens (including phenoxy) is 1. The molecule has 0 spiro atoms. The van der Waals surface area contributed by atoms with Crippen LogP contribution in [0.2, 0.25) is 18.1 Å². The number of likely N-dealkylation sites (tertiary alicyclic amines) is 1. The zero-order chi connectivity index (χ0) is 39.9. The fourth-order valence-electron chi connectivity index (χ4n) is 7.90. The lowest BCUT2D eigenvalue weighted by atomic mass is 9.64. The number of H-pyrrole nitrogens is 1. The third-order valence-corrected chi connectivity index (χ3v) is 16.4. The number of rotatable bonds is 17. The van der Waals surface area contributed by atoms with Crippen molar-refractivity contribution < 1.29 is 19.1 Å². The Morgan fingerprint density at radius 3 is 2.23 bits per heavy atom. The van der Waals surface area contributed by atoms with E-state index in [4.69, 9.17) is 14.9 Å². The first-order valence-electron chi connectivity index (χ1n) is 19.9. The maximum absolute atomic E-state index is 13.4. The number of nitrogens with two attached hydrogens (primary N) is 1. The molecule has 0 aliphatic carbocycles. The van der Waals surface area contributed by atoms with Crippen LogP contribution in [-0.2, 0) is 21.1 Å². The molecule has 1 amide bonds. The number of aromatic hydroxyl groups is 1. The summed E-state index contributed by atoms with van der Waals surface area (Å²) in [6, 6.07) is 35.1. The van der Waals surface area contributed by atoms with E-state index >= 15 is 0 Å². The molecule has 296 valence electrons. The molecule has 5 aromatic rings. The van der Waals surface area contributed by atoms with Crippen molar-refractivity contribution in [3.63, 3.8) is 0 Å².